The van der Waals surface area contributed by atoms with Crippen LogP contribution in [0.4, 0.5) is 5.95 Å². The first kappa shape index (κ1) is 10.3. The SMILES string of the molecule is COc1nc(N)nc(-c2cncc(C)c2)n1. The van der Waals surface area contributed by atoms with Gasteiger partial charge in [-0.15, -0.1) is 0 Å². The molecular formula is C10H11N5O. The highest BCUT2D eigenvalue weighted by Crippen LogP contribution is 2.17. The molecule has 0 aliphatic rings. The second-order valence-electron chi connectivity index (χ2n) is 3.25. The summed E-state index contributed by atoms with van der Waals surface area (Å²) >= 11 is 0. The molecule has 2 aromatic heterocycles. The number of anilines is 1. The highest BCUT2D eigenvalue weighted by molar-refractivity contribution is 5.55. The molecule has 0 atom stereocenters. The molecule has 2 aromatic rings. The number of nitrogen functional groups attached to an aromatic ring is 1. The fourth-order valence-corrected chi connectivity index (χ4v) is 1.27. The van der Waals surface area contributed by atoms with Crippen LogP contribution in [0.2, 0.25) is 0 Å². The summed E-state index contributed by atoms with van der Waals surface area (Å²) in [6.45, 7) is 1.94. The van der Waals surface area contributed by atoms with E-state index in [9.17, 15) is 0 Å². The van der Waals surface area contributed by atoms with E-state index in [1.54, 1.807) is 12.4 Å². The van der Waals surface area contributed by atoms with Crippen LogP contribution in [-0.2, 0) is 0 Å². The number of aromatic nitrogens is 4. The summed E-state index contributed by atoms with van der Waals surface area (Å²) < 4.78 is 4.92. The molecule has 2 N–H and O–H groups in total. The molecule has 16 heavy (non-hydrogen) atoms. The van der Waals surface area contributed by atoms with Crippen molar-refractivity contribution in [3.63, 3.8) is 0 Å². The summed E-state index contributed by atoms with van der Waals surface area (Å²) in [5.41, 5.74) is 7.36. The van der Waals surface area contributed by atoms with E-state index in [0.717, 1.165) is 11.1 Å². The molecule has 0 saturated carbocycles. The first-order chi connectivity index (χ1) is 7.69. The summed E-state index contributed by atoms with van der Waals surface area (Å²) in [5.74, 6) is 0.587. The van der Waals surface area contributed by atoms with Gasteiger partial charge in [0.2, 0.25) is 5.95 Å². The average Bonchev–Trinajstić information content (AvgIpc) is 2.28. The highest BCUT2D eigenvalue weighted by Gasteiger charge is 2.07. The Balaban J connectivity index is 2.51. The molecule has 0 aliphatic heterocycles. The lowest BCUT2D eigenvalue weighted by Gasteiger charge is -2.03. The van der Waals surface area contributed by atoms with Gasteiger partial charge in [-0.2, -0.15) is 15.0 Å². The maximum Gasteiger partial charge on any atom is 0.321 e. The summed E-state index contributed by atoms with van der Waals surface area (Å²) in [6.07, 6.45) is 3.42. The minimum Gasteiger partial charge on any atom is -0.467 e. The smallest absolute Gasteiger partial charge is 0.321 e. The van der Waals surface area contributed by atoms with Crippen molar-refractivity contribution in [3.8, 4) is 17.4 Å². The van der Waals surface area contributed by atoms with Crippen LogP contribution < -0.4 is 10.5 Å². The van der Waals surface area contributed by atoms with Crippen LogP contribution in [0.25, 0.3) is 11.4 Å². The Labute approximate surface area is 92.6 Å². The zero-order chi connectivity index (χ0) is 11.5. The number of nitrogens with two attached hydrogens (primary N) is 1. The number of ether oxygens (including phenoxy) is 1. The molecule has 0 aliphatic carbocycles. The summed E-state index contributed by atoms with van der Waals surface area (Å²) in [6, 6.07) is 2.12. The Hall–Kier alpha value is -2.24. The topological polar surface area (TPSA) is 86.8 Å². The standard InChI is InChI=1S/C10H11N5O/c1-6-3-7(5-12-4-6)8-13-9(11)15-10(14-8)16-2/h3-5H,1-2H3,(H2,11,13,14,15). The molecule has 6 heteroatoms. The van der Waals surface area contributed by atoms with Gasteiger partial charge < -0.3 is 10.5 Å². The van der Waals surface area contributed by atoms with Crippen LogP contribution in [-0.4, -0.2) is 27.0 Å². The first-order valence-corrected chi connectivity index (χ1v) is 4.66. The summed E-state index contributed by atoms with van der Waals surface area (Å²) in [5, 5.41) is 0. The van der Waals surface area contributed by atoms with E-state index >= 15 is 0 Å². The quantitative estimate of drug-likeness (QED) is 0.801. The number of methoxy groups -OCH3 is 1. The van der Waals surface area contributed by atoms with Crippen molar-refractivity contribution in [2.75, 3.05) is 12.8 Å². The Morgan fingerprint density at radius 2 is 2.00 bits per heavy atom. The molecule has 0 saturated heterocycles. The van der Waals surface area contributed by atoms with Crippen LogP contribution in [0.15, 0.2) is 18.5 Å². The van der Waals surface area contributed by atoms with Gasteiger partial charge in [0, 0.05) is 18.0 Å². The van der Waals surface area contributed by atoms with Crippen molar-refractivity contribution in [3.05, 3.63) is 24.0 Å². The number of nitrogens with zero attached hydrogens (tertiary/aromatic N) is 4. The number of aryl methyl sites for hydroxylation is 1. The molecule has 0 fully saturated rings. The van der Waals surface area contributed by atoms with Crippen molar-refractivity contribution < 1.29 is 4.74 Å². The lowest BCUT2D eigenvalue weighted by atomic mass is 10.2. The van der Waals surface area contributed by atoms with E-state index in [1.807, 2.05) is 13.0 Å². The second-order valence-corrected chi connectivity index (χ2v) is 3.25. The van der Waals surface area contributed by atoms with Crippen molar-refractivity contribution in [1.82, 2.24) is 19.9 Å². The number of rotatable bonds is 2. The minimum absolute atomic E-state index is 0.128. The zero-order valence-electron chi connectivity index (χ0n) is 9.01. The first-order valence-electron chi connectivity index (χ1n) is 4.66. The average molecular weight is 217 g/mol. The number of hydrogen-bond acceptors (Lipinski definition) is 6. The third kappa shape index (κ3) is 2.05. The van der Waals surface area contributed by atoms with E-state index in [4.69, 9.17) is 10.5 Å². The van der Waals surface area contributed by atoms with Gasteiger partial charge in [-0.1, -0.05) is 0 Å². The van der Waals surface area contributed by atoms with Crippen molar-refractivity contribution in [1.29, 1.82) is 0 Å². The Morgan fingerprint density at radius 1 is 1.19 bits per heavy atom. The van der Waals surface area contributed by atoms with Crippen LogP contribution in [0.5, 0.6) is 6.01 Å². The molecule has 0 bridgehead atoms. The van der Waals surface area contributed by atoms with Gasteiger partial charge in [0.1, 0.15) is 0 Å². The van der Waals surface area contributed by atoms with Crippen molar-refractivity contribution in [2.45, 2.75) is 6.92 Å². The van der Waals surface area contributed by atoms with E-state index < -0.39 is 0 Å². The molecule has 0 aromatic carbocycles. The Morgan fingerprint density at radius 3 is 2.69 bits per heavy atom. The van der Waals surface area contributed by atoms with Gasteiger partial charge in [0.05, 0.1) is 7.11 Å². The second kappa shape index (κ2) is 4.09. The molecule has 82 valence electrons. The molecule has 2 rings (SSSR count). The predicted molar refractivity (Wildman–Crippen MR) is 58.8 cm³/mol. The van der Waals surface area contributed by atoms with E-state index in [1.165, 1.54) is 7.11 Å². The largest absolute Gasteiger partial charge is 0.467 e. The molecule has 2 heterocycles. The zero-order valence-corrected chi connectivity index (χ0v) is 9.01. The lowest BCUT2D eigenvalue weighted by molar-refractivity contribution is 0.379. The maximum absolute atomic E-state index is 5.55. The van der Waals surface area contributed by atoms with Gasteiger partial charge >= 0.3 is 6.01 Å². The number of hydrogen-bond donors (Lipinski definition) is 1. The fraction of sp³-hybridized carbons (Fsp3) is 0.200. The van der Waals surface area contributed by atoms with Gasteiger partial charge in [-0.05, 0) is 18.6 Å². The van der Waals surface area contributed by atoms with E-state index in [0.29, 0.717) is 5.82 Å². The molecular weight excluding hydrogens is 206 g/mol. The molecule has 0 amide bonds. The highest BCUT2D eigenvalue weighted by atomic mass is 16.5. The molecule has 0 radical (unpaired) electrons. The number of pyridine rings is 1. The Kier molecular flexibility index (Phi) is 2.63. The lowest BCUT2D eigenvalue weighted by Crippen LogP contribution is -2.02. The van der Waals surface area contributed by atoms with Crippen molar-refractivity contribution >= 4 is 5.95 Å². The third-order valence-electron chi connectivity index (χ3n) is 1.95. The van der Waals surface area contributed by atoms with Gasteiger partial charge in [0.25, 0.3) is 0 Å². The van der Waals surface area contributed by atoms with E-state index in [-0.39, 0.29) is 12.0 Å². The third-order valence-corrected chi connectivity index (χ3v) is 1.95. The van der Waals surface area contributed by atoms with Gasteiger partial charge in [-0.25, -0.2) is 0 Å². The fourth-order valence-electron chi connectivity index (χ4n) is 1.27. The minimum atomic E-state index is 0.128. The van der Waals surface area contributed by atoms with Gasteiger partial charge in [-0.3, -0.25) is 4.98 Å². The monoisotopic (exact) mass is 217 g/mol. The molecule has 0 spiro atoms. The van der Waals surface area contributed by atoms with Crippen LogP contribution in [0.3, 0.4) is 0 Å². The van der Waals surface area contributed by atoms with Crippen LogP contribution in [0, 0.1) is 6.92 Å². The Bertz CT molecular complexity index is 514. The van der Waals surface area contributed by atoms with Crippen LogP contribution >= 0.6 is 0 Å². The van der Waals surface area contributed by atoms with E-state index in [2.05, 4.69) is 19.9 Å². The summed E-state index contributed by atoms with van der Waals surface area (Å²) in [4.78, 5) is 16.0. The maximum atomic E-state index is 5.55. The van der Waals surface area contributed by atoms with Crippen molar-refractivity contribution in [2.24, 2.45) is 0 Å². The van der Waals surface area contributed by atoms with Gasteiger partial charge in [0.15, 0.2) is 5.82 Å². The molecule has 6 nitrogen and oxygen atoms in total. The summed E-state index contributed by atoms with van der Waals surface area (Å²) in [7, 11) is 1.48. The molecule has 0 unspecified atom stereocenters. The van der Waals surface area contributed by atoms with Crippen LogP contribution in [0.1, 0.15) is 5.56 Å². The normalized spacial score (nSPS) is 10.1. The predicted octanol–water partition coefficient (Wildman–Crippen LogP) is 0.833.